The van der Waals surface area contributed by atoms with Gasteiger partial charge in [0.1, 0.15) is 17.2 Å². The highest BCUT2D eigenvalue weighted by molar-refractivity contribution is 5.97. The topological polar surface area (TPSA) is 144 Å². The lowest BCUT2D eigenvalue weighted by Crippen LogP contribution is -2.17. The van der Waals surface area contributed by atoms with Crippen LogP contribution in [-0.4, -0.2) is 41.5 Å². The van der Waals surface area contributed by atoms with Gasteiger partial charge in [0, 0.05) is 11.6 Å². The Balaban J connectivity index is 2.21. The number of rotatable bonds is 6. The van der Waals surface area contributed by atoms with Gasteiger partial charge in [-0.25, -0.2) is 5.43 Å². The number of hydrazone groups is 1. The van der Waals surface area contributed by atoms with Crippen LogP contribution >= 0.6 is 0 Å². The van der Waals surface area contributed by atoms with Gasteiger partial charge in [-0.1, -0.05) is 0 Å². The van der Waals surface area contributed by atoms with E-state index in [4.69, 9.17) is 9.47 Å². The Morgan fingerprint density at radius 2 is 1.88 bits per heavy atom. The number of carbonyl (C=O) groups excluding carboxylic acids is 1. The van der Waals surface area contributed by atoms with Crippen LogP contribution in [0.4, 0.5) is 5.69 Å². The van der Waals surface area contributed by atoms with Gasteiger partial charge < -0.3 is 19.7 Å². The zero-order valence-corrected chi connectivity index (χ0v) is 13.8. The van der Waals surface area contributed by atoms with Crippen molar-refractivity contribution in [3.8, 4) is 23.0 Å². The number of hydrogen-bond acceptors (Lipinski definition) is 8. The summed E-state index contributed by atoms with van der Waals surface area (Å²) >= 11 is 0. The number of benzene rings is 2. The molecule has 0 aliphatic rings. The van der Waals surface area contributed by atoms with E-state index in [1.54, 1.807) is 0 Å². The molecule has 26 heavy (non-hydrogen) atoms. The van der Waals surface area contributed by atoms with E-state index in [0.717, 1.165) is 12.3 Å². The van der Waals surface area contributed by atoms with E-state index in [1.165, 1.54) is 38.5 Å². The van der Waals surface area contributed by atoms with E-state index in [2.05, 4.69) is 10.5 Å². The number of methoxy groups -OCH3 is 2. The Labute approximate surface area is 147 Å². The average molecular weight is 361 g/mol. The molecule has 0 spiro atoms. The third kappa shape index (κ3) is 3.98. The molecule has 0 saturated heterocycles. The van der Waals surface area contributed by atoms with Crippen molar-refractivity contribution in [2.24, 2.45) is 5.10 Å². The Morgan fingerprint density at radius 1 is 1.19 bits per heavy atom. The molecule has 0 fully saturated rings. The number of amides is 1. The second kappa shape index (κ2) is 7.83. The van der Waals surface area contributed by atoms with Gasteiger partial charge in [0.05, 0.1) is 37.0 Å². The molecule has 0 unspecified atom stereocenters. The minimum absolute atomic E-state index is 0.0321. The van der Waals surface area contributed by atoms with Gasteiger partial charge in [0.25, 0.3) is 5.91 Å². The molecule has 10 nitrogen and oxygen atoms in total. The molecule has 0 radical (unpaired) electrons. The first kappa shape index (κ1) is 18.5. The van der Waals surface area contributed by atoms with Crippen molar-refractivity contribution in [3.63, 3.8) is 0 Å². The molecule has 0 heterocycles. The van der Waals surface area contributed by atoms with Crippen LogP contribution in [0.3, 0.4) is 0 Å². The number of phenolic OH excluding ortho intramolecular Hbond substituents is 2. The Morgan fingerprint density at radius 3 is 2.46 bits per heavy atom. The second-order valence-electron chi connectivity index (χ2n) is 4.92. The Kier molecular flexibility index (Phi) is 5.58. The van der Waals surface area contributed by atoms with Crippen LogP contribution in [0.1, 0.15) is 15.9 Å². The molecule has 0 aliphatic heterocycles. The van der Waals surface area contributed by atoms with Gasteiger partial charge in [-0.2, -0.15) is 5.10 Å². The van der Waals surface area contributed by atoms with Gasteiger partial charge in [0.2, 0.25) is 5.75 Å². The van der Waals surface area contributed by atoms with Crippen molar-refractivity contribution in [3.05, 3.63) is 51.6 Å². The quantitative estimate of drug-likeness (QED) is 0.404. The van der Waals surface area contributed by atoms with Crippen LogP contribution in [0.2, 0.25) is 0 Å². The van der Waals surface area contributed by atoms with E-state index in [0.29, 0.717) is 5.75 Å². The van der Waals surface area contributed by atoms with Crippen molar-refractivity contribution in [2.45, 2.75) is 0 Å². The summed E-state index contributed by atoms with van der Waals surface area (Å²) in [4.78, 5) is 22.2. The lowest BCUT2D eigenvalue weighted by Gasteiger charge is -2.06. The average Bonchev–Trinajstić information content (AvgIpc) is 2.62. The highest BCUT2D eigenvalue weighted by Gasteiger charge is 2.19. The number of nitrogens with zero attached hydrogens (tertiary/aromatic N) is 2. The maximum Gasteiger partial charge on any atom is 0.315 e. The lowest BCUT2D eigenvalue weighted by atomic mass is 10.1. The Hall–Kier alpha value is -3.82. The summed E-state index contributed by atoms with van der Waals surface area (Å²) < 4.78 is 9.84. The number of nitro benzene ring substituents is 1. The number of phenols is 2. The molecule has 0 bridgehead atoms. The van der Waals surface area contributed by atoms with Crippen LogP contribution in [-0.2, 0) is 0 Å². The molecule has 10 heteroatoms. The van der Waals surface area contributed by atoms with E-state index < -0.39 is 22.3 Å². The molecule has 0 atom stereocenters. The first-order valence-corrected chi connectivity index (χ1v) is 7.13. The predicted octanol–water partition coefficient (Wildman–Crippen LogP) is 1.79. The number of ether oxygens (including phenoxy) is 2. The van der Waals surface area contributed by atoms with E-state index in [1.807, 2.05) is 0 Å². The first-order chi connectivity index (χ1) is 12.4. The number of nitrogens with one attached hydrogen (secondary N) is 1. The van der Waals surface area contributed by atoms with E-state index in [-0.39, 0.29) is 22.6 Å². The first-order valence-electron chi connectivity index (χ1n) is 7.13. The molecule has 1 amide bonds. The van der Waals surface area contributed by atoms with Crippen LogP contribution in [0.5, 0.6) is 23.0 Å². The van der Waals surface area contributed by atoms with Gasteiger partial charge >= 0.3 is 5.69 Å². The van der Waals surface area contributed by atoms with Crippen molar-refractivity contribution in [1.29, 1.82) is 0 Å². The number of carbonyl (C=O) groups is 1. The van der Waals surface area contributed by atoms with Crippen molar-refractivity contribution >= 4 is 17.8 Å². The molecular weight excluding hydrogens is 346 g/mol. The maximum atomic E-state index is 12.0. The molecule has 0 saturated carbocycles. The van der Waals surface area contributed by atoms with Crippen molar-refractivity contribution in [2.75, 3.05) is 14.2 Å². The van der Waals surface area contributed by atoms with Crippen LogP contribution in [0.15, 0.2) is 35.4 Å². The Bertz CT molecular complexity index is 880. The molecule has 136 valence electrons. The molecule has 0 aromatic heterocycles. The van der Waals surface area contributed by atoms with Crippen LogP contribution in [0.25, 0.3) is 0 Å². The standard InChI is InChI=1S/C16H15N3O7/c1-25-10-3-4-12(14(20)7-10)16(22)18-17-8-9-5-11(26-2)6-13(15(9)21)19(23)24/h3-8,20-21H,1-2H3,(H,18,22)/b17-8-. The van der Waals surface area contributed by atoms with Crippen molar-refractivity contribution in [1.82, 2.24) is 5.43 Å². The highest BCUT2D eigenvalue weighted by atomic mass is 16.6. The molecule has 0 aliphatic carbocycles. The normalized spacial score (nSPS) is 10.5. The summed E-state index contributed by atoms with van der Waals surface area (Å²) in [6, 6.07) is 6.45. The summed E-state index contributed by atoms with van der Waals surface area (Å²) in [5.41, 5.74) is 1.50. The number of aromatic hydroxyl groups is 2. The molecular formula is C16H15N3O7. The van der Waals surface area contributed by atoms with E-state index >= 15 is 0 Å². The highest BCUT2D eigenvalue weighted by Crippen LogP contribution is 2.33. The zero-order chi connectivity index (χ0) is 19.3. The predicted molar refractivity (Wildman–Crippen MR) is 91.0 cm³/mol. The minimum Gasteiger partial charge on any atom is -0.507 e. The summed E-state index contributed by atoms with van der Waals surface area (Å²) in [5.74, 6) is -1.15. The SMILES string of the molecule is COc1ccc(C(=O)N/N=C\c2cc(OC)cc([N+](=O)[O-])c2O)c(O)c1. The minimum atomic E-state index is -0.775. The van der Waals surface area contributed by atoms with Gasteiger partial charge in [-0.15, -0.1) is 0 Å². The molecule has 2 rings (SSSR count). The van der Waals surface area contributed by atoms with Crippen LogP contribution < -0.4 is 14.9 Å². The maximum absolute atomic E-state index is 12.0. The fraction of sp³-hybridized carbons (Fsp3) is 0.125. The van der Waals surface area contributed by atoms with Gasteiger partial charge in [-0.3, -0.25) is 14.9 Å². The van der Waals surface area contributed by atoms with Crippen LogP contribution in [0, 0.1) is 10.1 Å². The molecule has 2 aromatic rings. The lowest BCUT2D eigenvalue weighted by molar-refractivity contribution is -0.385. The second-order valence-corrected chi connectivity index (χ2v) is 4.92. The third-order valence-electron chi connectivity index (χ3n) is 3.34. The van der Waals surface area contributed by atoms with Gasteiger partial charge in [-0.05, 0) is 18.2 Å². The van der Waals surface area contributed by atoms with Crippen molar-refractivity contribution < 1.29 is 29.4 Å². The summed E-state index contributed by atoms with van der Waals surface area (Å²) in [5, 5.41) is 34.3. The summed E-state index contributed by atoms with van der Waals surface area (Å²) in [6.45, 7) is 0. The zero-order valence-electron chi connectivity index (χ0n) is 13.8. The molecule has 2 aromatic carbocycles. The monoisotopic (exact) mass is 361 g/mol. The summed E-state index contributed by atoms with van der Waals surface area (Å²) in [6.07, 6.45) is 1.02. The fourth-order valence-corrected chi connectivity index (χ4v) is 2.02. The summed E-state index contributed by atoms with van der Waals surface area (Å²) in [7, 11) is 2.73. The third-order valence-corrected chi connectivity index (χ3v) is 3.34. The number of hydrogen-bond donors (Lipinski definition) is 3. The van der Waals surface area contributed by atoms with E-state index in [9.17, 15) is 25.1 Å². The largest absolute Gasteiger partial charge is 0.507 e. The number of nitro groups is 1. The molecule has 3 N–H and O–H groups in total. The fourth-order valence-electron chi connectivity index (χ4n) is 2.02. The van der Waals surface area contributed by atoms with Gasteiger partial charge in [0.15, 0.2) is 0 Å². The smallest absolute Gasteiger partial charge is 0.315 e.